The molecule has 1 aromatic carbocycles. The number of rotatable bonds is 4. The molecule has 0 saturated carbocycles. The number of benzene rings is 1. The zero-order chi connectivity index (χ0) is 14.5. The van der Waals surface area contributed by atoms with Crippen molar-refractivity contribution in [2.24, 2.45) is 0 Å². The minimum Gasteiger partial charge on any atom is -0.385 e. The van der Waals surface area contributed by atoms with E-state index in [0.29, 0.717) is 19.7 Å². The maximum absolute atomic E-state index is 12.5. The molecule has 2 rings (SSSR count). The van der Waals surface area contributed by atoms with Crippen LogP contribution in [0.15, 0.2) is 18.2 Å². The molecule has 1 aliphatic heterocycles. The first-order chi connectivity index (χ1) is 9.65. The van der Waals surface area contributed by atoms with Crippen molar-refractivity contribution in [1.82, 2.24) is 4.90 Å². The largest absolute Gasteiger partial charge is 0.385 e. The lowest BCUT2D eigenvalue weighted by Crippen LogP contribution is -2.45. The van der Waals surface area contributed by atoms with Crippen LogP contribution < -0.4 is 5.32 Å². The van der Waals surface area contributed by atoms with E-state index >= 15 is 0 Å². The molecule has 1 unspecified atom stereocenters. The number of nitrogens with zero attached hydrogens (tertiary/aromatic N) is 1. The van der Waals surface area contributed by atoms with Crippen LogP contribution in [-0.2, 0) is 4.74 Å². The Kier molecular flexibility index (Phi) is 5.01. The highest BCUT2D eigenvalue weighted by Gasteiger charge is 2.24. The van der Waals surface area contributed by atoms with Gasteiger partial charge in [0.25, 0.3) is 5.91 Å². The number of carbonyl (C=O) groups excluding carboxylic acids is 1. The predicted molar refractivity (Wildman–Crippen MR) is 81.3 cm³/mol. The highest BCUT2D eigenvalue weighted by Crippen LogP contribution is 2.19. The van der Waals surface area contributed by atoms with Gasteiger partial charge < -0.3 is 15.0 Å². The Labute approximate surface area is 121 Å². The van der Waals surface area contributed by atoms with Gasteiger partial charge in [0.1, 0.15) is 0 Å². The Hall–Kier alpha value is -1.55. The normalized spacial score (nSPS) is 18.9. The Morgan fingerprint density at radius 3 is 2.90 bits per heavy atom. The van der Waals surface area contributed by atoms with Gasteiger partial charge in [-0.3, -0.25) is 4.79 Å². The maximum Gasteiger partial charge on any atom is 0.254 e. The van der Waals surface area contributed by atoms with Crippen molar-refractivity contribution < 1.29 is 9.53 Å². The Morgan fingerprint density at radius 2 is 2.25 bits per heavy atom. The number of hydrogen-bond donors (Lipinski definition) is 1. The fourth-order valence-electron chi connectivity index (χ4n) is 2.52. The lowest BCUT2D eigenvalue weighted by molar-refractivity contribution is -0.0226. The van der Waals surface area contributed by atoms with E-state index in [-0.39, 0.29) is 12.0 Å². The van der Waals surface area contributed by atoms with Crippen molar-refractivity contribution in [2.75, 3.05) is 31.6 Å². The van der Waals surface area contributed by atoms with Gasteiger partial charge in [0.15, 0.2) is 0 Å². The molecule has 1 atom stereocenters. The van der Waals surface area contributed by atoms with Crippen LogP contribution in [0.25, 0.3) is 0 Å². The summed E-state index contributed by atoms with van der Waals surface area (Å²) in [7, 11) is 0. The van der Waals surface area contributed by atoms with E-state index in [9.17, 15) is 4.79 Å². The fourth-order valence-corrected chi connectivity index (χ4v) is 2.52. The average Bonchev–Trinajstić information content (AvgIpc) is 2.49. The van der Waals surface area contributed by atoms with Gasteiger partial charge in [-0.25, -0.2) is 0 Å². The van der Waals surface area contributed by atoms with Crippen LogP contribution in [0.3, 0.4) is 0 Å². The lowest BCUT2D eigenvalue weighted by atomic mass is 10.1. The van der Waals surface area contributed by atoms with Crippen LogP contribution >= 0.6 is 0 Å². The first kappa shape index (κ1) is 14.9. The van der Waals surface area contributed by atoms with Gasteiger partial charge in [-0.2, -0.15) is 0 Å². The summed E-state index contributed by atoms with van der Waals surface area (Å²) in [6.45, 7) is 9.09. The van der Waals surface area contributed by atoms with Crippen molar-refractivity contribution in [3.05, 3.63) is 29.3 Å². The molecule has 1 fully saturated rings. The van der Waals surface area contributed by atoms with Crippen molar-refractivity contribution >= 4 is 11.6 Å². The van der Waals surface area contributed by atoms with Crippen molar-refractivity contribution in [1.29, 1.82) is 0 Å². The molecule has 1 saturated heterocycles. The number of anilines is 1. The molecule has 0 spiro atoms. The number of carbonyl (C=O) groups is 1. The van der Waals surface area contributed by atoms with Gasteiger partial charge in [0, 0.05) is 30.9 Å². The molecule has 1 aromatic rings. The maximum atomic E-state index is 12.5. The van der Waals surface area contributed by atoms with Gasteiger partial charge in [0.2, 0.25) is 0 Å². The molecular weight excluding hydrogens is 252 g/mol. The molecule has 4 nitrogen and oxygen atoms in total. The second-order valence-electron chi connectivity index (χ2n) is 5.21. The minimum absolute atomic E-state index is 0.109. The summed E-state index contributed by atoms with van der Waals surface area (Å²) in [5.74, 6) is 0.109. The fraction of sp³-hybridized carbons (Fsp3) is 0.562. The van der Waals surface area contributed by atoms with Gasteiger partial charge in [-0.15, -0.1) is 0 Å². The van der Waals surface area contributed by atoms with Gasteiger partial charge in [-0.1, -0.05) is 6.92 Å². The minimum atomic E-state index is 0.109. The summed E-state index contributed by atoms with van der Waals surface area (Å²) in [4.78, 5) is 14.4. The van der Waals surface area contributed by atoms with Crippen LogP contribution in [-0.4, -0.2) is 43.2 Å². The third-order valence-electron chi connectivity index (χ3n) is 3.72. The number of aryl methyl sites for hydroxylation is 1. The highest BCUT2D eigenvalue weighted by atomic mass is 16.5. The monoisotopic (exact) mass is 276 g/mol. The molecule has 4 heteroatoms. The molecule has 0 bridgehead atoms. The van der Waals surface area contributed by atoms with E-state index < -0.39 is 0 Å². The number of hydrogen-bond acceptors (Lipinski definition) is 3. The van der Waals surface area contributed by atoms with Crippen molar-refractivity contribution in [3.8, 4) is 0 Å². The van der Waals surface area contributed by atoms with Gasteiger partial charge >= 0.3 is 0 Å². The molecule has 20 heavy (non-hydrogen) atoms. The van der Waals surface area contributed by atoms with Crippen LogP contribution in [0.1, 0.15) is 36.2 Å². The standard InChI is InChI=1S/C16H24N2O2/c1-4-14-11-18(8-9-20-14)16(19)13-6-7-15(17-5-2)12(3)10-13/h6-7,10,14,17H,4-5,8-9,11H2,1-3H3. The zero-order valence-corrected chi connectivity index (χ0v) is 12.6. The second kappa shape index (κ2) is 6.75. The van der Waals surface area contributed by atoms with Crippen LogP contribution in [0.2, 0.25) is 0 Å². The van der Waals surface area contributed by atoms with E-state index in [1.165, 1.54) is 0 Å². The summed E-state index contributed by atoms with van der Waals surface area (Å²) in [6, 6.07) is 5.87. The third-order valence-corrected chi connectivity index (χ3v) is 3.72. The molecule has 1 heterocycles. The lowest BCUT2D eigenvalue weighted by Gasteiger charge is -2.32. The van der Waals surface area contributed by atoms with E-state index in [0.717, 1.165) is 29.8 Å². The molecule has 1 amide bonds. The highest BCUT2D eigenvalue weighted by molar-refractivity contribution is 5.95. The summed E-state index contributed by atoms with van der Waals surface area (Å²) >= 11 is 0. The molecule has 110 valence electrons. The second-order valence-corrected chi connectivity index (χ2v) is 5.21. The summed E-state index contributed by atoms with van der Waals surface area (Å²) in [6.07, 6.45) is 1.12. The van der Waals surface area contributed by atoms with E-state index in [1.54, 1.807) is 0 Å². The molecule has 0 radical (unpaired) electrons. The van der Waals surface area contributed by atoms with Gasteiger partial charge in [0.05, 0.1) is 12.7 Å². The Bertz CT molecular complexity index is 474. The summed E-state index contributed by atoms with van der Waals surface area (Å²) in [5.41, 5.74) is 2.97. The van der Waals surface area contributed by atoms with Crippen LogP contribution in [0.5, 0.6) is 0 Å². The molecule has 1 aliphatic rings. The van der Waals surface area contributed by atoms with Crippen LogP contribution in [0.4, 0.5) is 5.69 Å². The molecule has 0 aromatic heterocycles. The SMILES string of the molecule is CCNc1ccc(C(=O)N2CCOC(CC)C2)cc1C. The summed E-state index contributed by atoms with van der Waals surface area (Å²) in [5, 5.41) is 3.29. The smallest absolute Gasteiger partial charge is 0.254 e. The van der Waals surface area contributed by atoms with E-state index in [4.69, 9.17) is 4.74 Å². The predicted octanol–water partition coefficient (Wildman–Crippen LogP) is 2.68. The number of ether oxygens (including phenoxy) is 1. The number of nitrogens with one attached hydrogen (secondary N) is 1. The Balaban J connectivity index is 2.10. The zero-order valence-electron chi connectivity index (χ0n) is 12.6. The van der Waals surface area contributed by atoms with Crippen LogP contribution in [0, 0.1) is 6.92 Å². The Morgan fingerprint density at radius 1 is 1.45 bits per heavy atom. The molecule has 0 aliphatic carbocycles. The average molecular weight is 276 g/mol. The van der Waals surface area contributed by atoms with Crippen molar-refractivity contribution in [3.63, 3.8) is 0 Å². The van der Waals surface area contributed by atoms with Crippen molar-refractivity contribution in [2.45, 2.75) is 33.3 Å². The van der Waals surface area contributed by atoms with Gasteiger partial charge in [-0.05, 0) is 44.0 Å². The molecular formula is C16H24N2O2. The topological polar surface area (TPSA) is 41.6 Å². The quantitative estimate of drug-likeness (QED) is 0.919. The molecule has 1 N–H and O–H groups in total. The third kappa shape index (κ3) is 3.31. The number of morpholine rings is 1. The van der Waals surface area contributed by atoms with E-state index in [2.05, 4.69) is 19.2 Å². The summed E-state index contributed by atoms with van der Waals surface area (Å²) < 4.78 is 5.61. The van der Waals surface area contributed by atoms with E-state index in [1.807, 2.05) is 30.0 Å². The number of amides is 1. The first-order valence-corrected chi connectivity index (χ1v) is 7.41. The first-order valence-electron chi connectivity index (χ1n) is 7.41.